The van der Waals surface area contributed by atoms with Crippen molar-refractivity contribution in [1.82, 2.24) is 0 Å². The van der Waals surface area contributed by atoms with Crippen LogP contribution in [-0.4, -0.2) is 24.3 Å². The molecule has 0 spiro atoms. The van der Waals surface area contributed by atoms with Gasteiger partial charge in [0.1, 0.15) is 0 Å². The first kappa shape index (κ1) is 14.5. The van der Waals surface area contributed by atoms with Gasteiger partial charge in [-0.25, -0.2) is 0 Å². The lowest BCUT2D eigenvalue weighted by Crippen LogP contribution is -2.32. The third kappa shape index (κ3) is 5.85. The van der Waals surface area contributed by atoms with Crippen LogP contribution in [-0.2, 0) is 14.3 Å². The van der Waals surface area contributed by atoms with Crippen molar-refractivity contribution in [2.45, 2.75) is 20.3 Å². The summed E-state index contributed by atoms with van der Waals surface area (Å²) in [6, 6.07) is 0. The molecule has 0 bridgehead atoms. The van der Waals surface area contributed by atoms with Crippen molar-refractivity contribution in [3.8, 4) is 0 Å². The highest BCUT2D eigenvalue weighted by molar-refractivity contribution is 7.88. The molecule has 0 aliphatic heterocycles. The second-order valence-corrected chi connectivity index (χ2v) is 6.19. The van der Waals surface area contributed by atoms with Crippen molar-refractivity contribution in [2.75, 3.05) is 5.75 Å². The summed E-state index contributed by atoms with van der Waals surface area (Å²) in [6.07, 6.45) is 0.257. The Morgan fingerprint density at radius 1 is 1.33 bits per heavy atom. The highest BCUT2D eigenvalue weighted by atomic mass is 32.2. The van der Waals surface area contributed by atoms with Gasteiger partial charge in [0.2, 0.25) is 0 Å². The van der Waals surface area contributed by atoms with Gasteiger partial charge in [-0.1, -0.05) is 26.1 Å². The number of thiocarbonyl (C=S) groups is 2. The fourth-order valence-electron chi connectivity index (χ4n) is 0.670. The van der Waals surface area contributed by atoms with Crippen LogP contribution >= 0.6 is 24.4 Å². The molecule has 0 aromatic heterocycles. The molecule has 0 rings (SSSR count). The van der Waals surface area contributed by atoms with E-state index in [1.54, 1.807) is 13.8 Å². The number of rotatable bonds is 5. The van der Waals surface area contributed by atoms with E-state index in [2.05, 4.69) is 16.4 Å². The van der Waals surface area contributed by atoms with E-state index < -0.39 is 20.7 Å². The molecule has 0 heterocycles. The highest BCUT2D eigenvalue weighted by Crippen LogP contribution is 2.21. The molecule has 4 N–H and O–H groups in total. The third-order valence-corrected chi connectivity index (χ3v) is 3.73. The van der Waals surface area contributed by atoms with Crippen LogP contribution in [0.1, 0.15) is 20.3 Å². The molecule has 0 aromatic carbocycles. The molecule has 0 radical (unpaired) electrons. The summed E-state index contributed by atoms with van der Waals surface area (Å²) >= 11 is 9.13. The molecule has 88 valence electrons. The molecular formula is C7H14N2O3S3. The molecule has 0 atom stereocenters. The first-order valence-electron chi connectivity index (χ1n) is 4.08. The van der Waals surface area contributed by atoms with Crippen LogP contribution in [0, 0.1) is 5.41 Å². The Morgan fingerprint density at radius 3 is 2.13 bits per heavy atom. The second-order valence-electron chi connectivity index (χ2n) is 3.66. The lowest BCUT2D eigenvalue weighted by atomic mass is 9.90. The van der Waals surface area contributed by atoms with E-state index in [4.69, 9.17) is 23.7 Å². The quantitative estimate of drug-likeness (QED) is 0.547. The van der Waals surface area contributed by atoms with Gasteiger partial charge in [-0.2, -0.15) is 8.42 Å². The van der Waals surface area contributed by atoms with E-state index >= 15 is 0 Å². The monoisotopic (exact) mass is 270 g/mol. The van der Waals surface area contributed by atoms with E-state index in [0.717, 1.165) is 0 Å². The summed E-state index contributed by atoms with van der Waals surface area (Å²) in [5.41, 5.74) is 9.86. The van der Waals surface area contributed by atoms with Gasteiger partial charge in [0.05, 0.1) is 10.7 Å². The zero-order valence-electron chi connectivity index (χ0n) is 8.52. The predicted octanol–water partition coefficient (Wildman–Crippen LogP) is 0.279. The summed E-state index contributed by atoms with van der Waals surface area (Å²) in [5.74, 6) is -0.228. The largest absolute Gasteiger partial charge is 0.393 e. The molecule has 0 aromatic rings. The molecule has 0 aliphatic carbocycles. The van der Waals surface area contributed by atoms with Gasteiger partial charge in [0, 0.05) is 5.41 Å². The average molecular weight is 270 g/mol. The van der Waals surface area contributed by atoms with E-state index in [0.29, 0.717) is 0 Å². The van der Waals surface area contributed by atoms with Gasteiger partial charge < -0.3 is 15.7 Å². The van der Waals surface area contributed by atoms with Gasteiger partial charge in [0.25, 0.3) is 5.17 Å². The molecule has 0 amide bonds. The van der Waals surface area contributed by atoms with Gasteiger partial charge in [-0.05, 0) is 18.6 Å². The van der Waals surface area contributed by atoms with E-state index in [1.165, 1.54) is 0 Å². The van der Waals surface area contributed by atoms with E-state index in [1.807, 2.05) is 0 Å². The zero-order valence-corrected chi connectivity index (χ0v) is 11.0. The number of nitrogens with two attached hydrogens (primary N) is 2. The maximum Gasteiger partial charge on any atom is 0.311 e. The van der Waals surface area contributed by atoms with Gasteiger partial charge in [-0.3, -0.25) is 0 Å². The summed E-state index contributed by atoms with van der Waals surface area (Å²) in [5, 5.41) is -0.511. The zero-order chi connectivity index (χ0) is 12.3. The molecule has 8 heteroatoms. The Bertz CT molecular complexity index is 362. The molecule has 15 heavy (non-hydrogen) atoms. The fourth-order valence-corrected chi connectivity index (χ4v) is 2.18. The van der Waals surface area contributed by atoms with Crippen LogP contribution in [0.4, 0.5) is 0 Å². The maximum atomic E-state index is 11.2. The normalized spacial score (nSPS) is 12.1. The molecule has 0 aliphatic rings. The van der Waals surface area contributed by atoms with Crippen molar-refractivity contribution >= 4 is 44.7 Å². The average Bonchev–Trinajstić information content (AvgIpc) is 1.98. The van der Waals surface area contributed by atoms with Crippen LogP contribution in [0.2, 0.25) is 0 Å². The molecule has 0 fully saturated rings. The molecule has 0 saturated heterocycles. The molecule has 0 saturated carbocycles. The predicted molar refractivity (Wildman–Crippen MR) is 66.8 cm³/mol. The second kappa shape index (κ2) is 5.04. The van der Waals surface area contributed by atoms with Crippen molar-refractivity contribution < 1.29 is 12.6 Å². The van der Waals surface area contributed by atoms with Crippen LogP contribution in [0.5, 0.6) is 0 Å². The standard InChI is InChI=1S/C7H14N2O3S3/c1-7(2,5(8)13)3-4-15(10,11)12-6(9)14/h3-4H2,1-2H3,(H2,8,13)(H2,9,14). The fraction of sp³-hybridized carbons (Fsp3) is 0.714. The first-order valence-corrected chi connectivity index (χ1v) is 6.48. The van der Waals surface area contributed by atoms with Crippen LogP contribution in [0.15, 0.2) is 0 Å². The number of hydrogen-bond donors (Lipinski definition) is 2. The van der Waals surface area contributed by atoms with Crippen molar-refractivity contribution in [3.05, 3.63) is 0 Å². The third-order valence-electron chi connectivity index (χ3n) is 1.85. The van der Waals surface area contributed by atoms with Crippen molar-refractivity contribution in [2.24, 2.45) is 16.9 Å². The molecule has 5 nitrogen and oxygen atoms in total. The Balaban J connectivity index is 4.40. The Morgan fingerprint density at radius 2 is 1.80 bits per heavy atom. The van der Waals surface area contributed by atoms with Crippen molar-refractivity contribution in [1.29, 1.82) is 0 Å². The molecule has 0 unspecified atom stereocenters. The van der Waals surface area contributed by atoms with Crippen molar-refractivity contribution in [3.63, 3.8) is 0 Å². The minimum atomic E-state index is -3.73. The van der Waals surface area contributed by atoms with Gasteiger partial charge >= 0.3 is 10.1 Å². The van der Waals surface area contributed by atoms with Crippen LogP contribution in [0.3, 0.4) is 0 Å². The SMILES string of the molecule is CC(C)(CCS(=O)(=O)OC(N)=S)C(N)=S. The highest BCUT2D eigenvalue weighted by Gasteiger charge is 2.25. The maximum absolute atomic E-state index is 11.2. The van der Waals surface area contributed by atoms with Crippen LogP contribution < -0.4 is 11.5 Å². The van der Waals surface area contributed by atoms with E-state index in [9.17, 15) is 8.42 Å². The Labute approximate surface area is 100 Å². The lowest BCUT2D eigenvalue weighted by Gasteiger charge is -2.22. The summed E-state index contributed by atoms with van der Waals surface area (Å²) in [4.78, 5) is 0.257. The minimum Gasteiger partial charge on any atom is -0.393 e. The topological polar surface area (TPSA) is 95.4 Å². The summed E-state index contributed by atoms with van der Waals surface area (Å²) < 4.78 is 26.8. The summed E-state index contributed by atoms with van der Waals surface area (Å²) in [6.45, 7) is 3.51. The minimum absolute atomic E-state index is 0.228. The smallest absolute Gasteiger partial charge is 0.311 e. The summed E-state index contributed by atoms with van der Waals surface area (Å²) in [7, 11) is -3.73. The lowest BCUT2D eigenvalue weighted by molar-refractivity contribution is 0.457. The Kier molecular flexibility index (Phi) is 4.88. The Hall–Kier alpha value is -0.470. The van der Waals surface area contributed by atoms with Gasteiger partial charge in [0.15, 0.2) is 0 Å². The van der Waals surface area contributed by atoms with E-state index in [-0.39, 0.29) is 17.2 Å². The molecular weight excluding hydrogens is 256 g/mol. The van der Waals surface area contributed by atoms with Gasteiger partial charge in [-0.15, -0.1) is 0 Å². The number of hydrogen-bond acceptors (Lipinski definition) is 5. The first-order chi connectivity index (χ1) is 6.57. The van der Waals surface area contributed by atoms with Crippen LogP contribution in [0.25, 0.3) is 0 Å².